The van der Waals surface area contributed by atoms with Gasteiger partial charge in [-0.1, -0.05) is 0 Å². The van der Waals surface area contributed by atoms with Crippen LogP contribution in [-0.4, -0.2) is 56.3 Å². The second-order valence-electron chi connectivity index (χ2n) is 3.47. The molecule has 4 heteroatoms. The zero-order valence-electron chi connectivity index (χ0n) is 8.88. The molecule has 3 nitrogen and oxygen atoms in total. The normalized spacial score (nSPS) is 24.0. The maximum Gasteiger partial charge on any atom is 0.0634 e. The van der Waals surface area contributed by atoms with Crippen LogP contribution in [0.1, 0.15) is 13.3 Å². The van der Waals surface area contributed by atoms with E-state index in [1.807, 2.05) is 6.92 Å². The standard InChI is InChI=1S/C10H20ClNO2/c1-2-13-6-3-4-12-5-7-14-9-10(12)8-11/h10H,2-9H2,1H3. The van der Waals surface area contributed by atoms with Crippen molar-refractivity contribution < 1.29 is 9.47 Å². The molecule has 14 heavy (non-hydrogen) atoms. The van der Waals surface area contributed by atoms with E-state index in [0.717, 1.165) is 45.9 Å². The number of alkyl halides is 1. The van der Waals surface area contributed by atoms with Crippen molar-refractivity contribution in [1.82, 2.24) is 4.90 Å². The molecule has 1 rings (SSSR count). The first kappa shape index (κ1) is 12.2. The summed E-state index contributed by atoms with van der Waals surface area (Å²) < 4.78 is 10.7. The van der Waals surface area contributed by atoms with Gasteiger partial charge in [-0.25, -0.2) is 0 Å². The molecule has 0 bridgehead atoms. The Bertz CT molecular complexity index is 146. The van der Waals surface area contributed by atoms with Gasteiger partial charge in [0.2, 0.25) is 0 Å². The van der Waals surface area contributed by atoms with E-state index < -0.39 is 0 Å². The molecule has 0 N–H and O–H groups in total. The zero-order chi connectivity index (χ0) is 10.2. The van der Waals surface area contributed by atoms with Crippen molar-refractivity contribution in [1.29, 1.82) is 0 Å². The molecular formula is C10H20ClNO2. The van der Waals surface area contributed by atoms with Crippen LogP contribution >= 0.6 is 11.6 Å². The minimum absolute atomic E-state index is 0.395. The highest BCUT2D eigenvalue weighted by atomic mass is 35.5. The molecule has 1 aliphatic heterocycles. The molecule has 0 aromatic carbocycles. The summed E-state index contributed by atoms with van der Waals surface area (Å²) in [6, 6.07) is 0.395. The minimum Gasteiger partial charge on any atom is -0.382 e. The first-order chi connectivity index (χ1) is 6.88. The third-order valence-electron chi connectivity index (χ3n) is 2.47. The third-order valence-corrected chi connectivity index (χ3v) is 2.82. The molecule has 0 amide bonds. The second-order valence-corrected chi connectivity index (χ2v) is 3.78. The number of morpholine rings is 1. The Hall–Kier alpha value is 0.170. The van der Waals surface area contributed by atoms with Crippen molar-refractivity contribution in [3.8, 4) is 0 Å². The van der Waals surface area contributed by atoms with E-state index in [-0.39, 0.29) is 0 Å². The van der Waals surface area contributed by atoms with Crippen LogP contribution in [0.15, 0.2) is 0 Å². The van der Waals surface area contributed by atoms with E-state index in [9.17, 15) is 0 Å². The van der Waals surface area contributed by atoms with Crippen LogP contribution in [-0.2, 0) is 9.47 Å². The van der Waals surface area contributed by atoms with Crippen molar-refractivity contribution in [2.45, 2.75) is 19.4 Å². The molecule has 0 saturated carbocycles. The lowest BCUT2D eigenvalue weighted by molar-refractivity contribution is -0.00291. The predicted octanol–water partition coefficient (Wildman–Crippen LogP) is 1.35. The summed E-state index contributed by atoms with van der Waals surface area (Å²) in [5.41, 5.74) is 0. The Morgan fingerprint density at radius 1 is 1.57 bits per heavy atom. The fraction of sp³-hybridized carbons (Fsp3) is 1.00. The van der Waals surface area contributed by atoms with E-state index in [0.29, 0.717) is 11.9 Å². The maximum absolute atomic E-state index is 5.86. The first-order valence-electron chi connectivity index (χ1n) is 5.34. The second kappa shape index (κ2) is 7.46. The summed E-state index contributed by atoms with van der Waals surface area (Å²) in [6.07, 6.45) is 1.08. The molecule has 0 spiro atoms. The van der Waals surface area contributed by atoms with E-state index >= 15 is 0 Å². The third kappa shape index (κ3) is 4.13. The Balaban J connectivity index is 2.13. The van der Waals surface area contributed by atoms with Gasteiger partial charge < -0.3 is 9.47 Å². The lowest BCUT2D eigenvalue weighted by Gasteiger charge is -2.34. The SMILES string of the molecule is CCOCCCN1CCOCC1CCl. The van der Waals surface area contributed by atoms with Crippen LogP contribution in [0.2, 0.25) is 0 Å². The maximum atomic E-state index is 5.86. The topological polar surface area (TPSA) is 21.7 Å². The highest BCUT2D eigenvalue weighted by Gasteiger charge is 2.21. The molecule has 1 saturated heterocycles. The van der Waals surface area contributed by atoms with Gasteiger partial charge in [-0.3, -0.25) is 4.90 Å². The molecule has 1 fully saturated rings. The predicted molar refractivity (Wildman–Crippen MR) is 58.0 cm³/mol. The summed E-state index contributed by atoms with van der Waals surface area (Å²) in [4.78, 5) is 2.40. The van der Waals surface area contributed by atoms with Crippen molar-refractivity contribution in [2.75, 3.05) is 45.4 Å². The smallest absolute Gasteiger partial charge is 0.0634 e. The van der Waals surface area contributed by atoms with E-state index in [4.69, 9.17) is 21.1 Å². The summed E-state index contributed by atoms with van der Waals surface area (Å²) in [5, 5.41) is 0. The average molecular weight is 222 g/mol. The minimum atomic E-state index is 0.395. The molecule has 0 radical (unpaired) electrons. The van der Waals surface area contributed by atoms with Gasteiger partial charge in [-0.2, -0.15) is 0 Å². The van der Waals surface area contributed by atoms with Gasteiger partial charge in [0.05, 0.1) is 13.2 Å². The van der Waals surface area contributed by atoms with Gasteiger partial charge >= 0.3 is 0 Å². The molecule has 0 aromatic rings. The van der Waals surface area contributed by atoms with Gasteiger partial charge in [0, 0.05) is 38.2 Å². The van der Waals surface area contributed by atoms with Gasteiger partial charge in [0.1, 0.15) is 0 Å². The van der Waals surface area contributed by atoms with Crippen LogP contribution in [0, 0.1) is 0 Å². The quantitative estimate of drug-likeness (QED) is 0.499. The molecular weight excluding hydrogens is 202 g/mol. The fourth-order valence-electron chi connectivity index (χ4n) is 1.64. The largest absolute Gasteiger partial charge is 0.382 e. The summed E-state index contributed by atoms with van der Waals surface area (Å²) in [7, 11) is 0. The number of halogens is 1. The Kier molecular flexibility index (Phi) is 6.52. The lowest BCUT2D eigenvalue weighted by atomic mass is 10.2. The number of nitrogens with zero attached hydrogens (tertiary/aromatic N) is 1. The van der Waals surface area contributed by atoms with Crippen LogP contribution in [0.5, 0.6) is 0 Å². The number of ether oxygens (including phenoxy) is 2. The summed E-state index contributed by atoms with van der Waals surface area (Å²) in [6.45, 7) is 7.37. The van der Waals surface area contributed by atoms with Crippen LogP contribution in [0.3, 0.4) is 0 Å². The summed E-state index contributed by atoms with van der Waals surface area (Å²) in [5.74, 6) is 0.661. The average Bonchev–Trinajstić information content (AvgIpc) is 2.25. The van der Waals surface area contributed by atoms with Crippen LogP contribution < -0.4 is 0 Å². The molecule has 1 heterocycles. The fourth-order valence-corrected chi connectivity index (χ4v) is 1.92. The van der Waals surface area contributed by atoms with Crippen molar-refractivity contribution in [3.63, 3.8) is 0 Å². The van der Waals surface area contributed by atoms with E-state index in [1.165, 1.54) is 0 Å². The number of rotatable bonds is 6. The first-order valence-corrected chi connectivity index (χ1v) is 5.87. The molecule has 1 atom stereocenters. The molecule has 0 aromatic heterocycles. The van der Waals surface area contributed by atoms with Gasteiger partial charge in [0.15, 0.2) is 0 Å². The Labute approximate surface area is 91.3 Å². The van der Waals surface area contributed by atoms with E-state index in [1.54, 1.807) is 0 Å². The van der Waals surface area contributed by atoms with E-state index in [2.05, 4.69) is 4.90 Å². The zero-order valence-corrected chi connectivity index (χ0v) is 9.63. The van der Waals surface area contributed by atoms with Gasteiger partial charge in [-0.15, -0.1) is 11.6 Å². The van der Waals surface area contributed by atoms with Crippen LogP contribution in [0.25, 0.3) is 0 Å². The van der Waals surface area contributed by atoms with Crippen molar-refractivity contribution >= 4 is 11.6 Å². The van der Waals surface area contributed by atoms with Crippen LogP contribution in [0.4, 0.5) is 0 Å². The Morgan fingerprint density at radius 2 is 2.43 bits per heavy atom. The Morgan fingerprint density at radius 3 is 3.14 bits per heavy atom. The lowest BCUT2D eigenvalue weighted by Crippen LogP contribution is -2.47. The van der Waals surface area contributed by atoms with Gasteiger partial charge in [0.25, 0.3) is 0 Å². The molecule has 1 aliphatic rings. The van der Waals surface area contributed by atoms with Gasteiger partial charge in [-0.05, 0) is 13.3 Å². The van der Waals surface area contributed by atoms with Crippen molar-refractivity contribution in [2.24, 2.45) is 0 Å². The number of hydrogen-bond donors (Lipinski definition) is 0. The highest BCUT2D eigenvalue weighted by molar-refractivity contribution is 6.18. The number of hydrogen-bond acceptors (Lipinski definition) is 3. The monoisotopic (exact) mass is 221 g/mol. The highest BCUT2D eigenvalue weighted by Crippen LogP contribution is 2.08. The molecule has 0 aliphatic carbocycles. The molecule has 1 unspecified atom stereocenters. The molecule has 84 valence electrons. The van der Waals surface area contributed by atoms with Crippen molar-refractivity contribution in [3.05, 3.63) is 0 Å². The summed E-state index contributed by atoms with van der Waals surface area (Å²) >= 11 is 5.86.